The number of nitrogens with zero attached hydrogens (tertiary/aromatic N) is 5. The quantitative estimate of drug-likeness (QED) is 0.454. The molecule has 10 heteroatoms. The van der Waals surface area contributed by atoms with E-state index in [9.17, 15) is 9.59 Å². The highest BCUT2D eigenvalue weighted by molar-refractivity contribution is 7.99. The number of amides is 2. The zero-order valence-corrected chi connectivity index (χ0v) is 19.6. The molecule has 0 radical (unpaired) electrons. The van der Waals surface area contributed by atoms with Crippen molar-refractivity contribution in [3.63, 3.8) is 0 Å². The first-order valence-corrected chi connectivity index (χ1v) is 11.5. The standard InChI is InChI=1S/C22H29N7O2S/c1-14(2)12-28-19(10-9-18(23)30)25-26-22(28)32-13-21(31)24-20-11-16(4)27-29(20)17-7-5-15(3)6-8-17/h5-8,11,14H,9-10,12-13H2,1-4H3,(H2,23,30)(H,24,31). The third-order valence-electron chi connectivity index (χ3n) is 4.65. The van der Waals surface area contributed by atoms with E-state index in [2.05, 4.69) is 34.5 Å². The maximum absolute atomic E-state index is 12.7. The number of nitrogens with two attached hydrogens (primary N) is 1. The number of carbonyl (C=O) groups excluding carboxylic acids is 2. The zero-order chi connectivity index (χ0) is 23.3. The Morgan fingerprint density at radius 3 is 2.53 bits per heavy atom. The van der Waals surface area contributed by atoms with Crippen molar-refractivity contribution in [2.45, 2.75) is 52.2 Å². The van der Waals surface area contributed by atoms with Crippen LogP contribution in [0.25, 0.3) is 5.69 Å². The van der Waals surface area contributed by atoms with Gasteiger partial charge in [-0.05, 0) is 31.9 Å². The zero-order valence-electron chi connectivity index (χ0n) is 18.8. The molecule has 9 nitrogen and oxygen atoms in total. The number of anilines is 1. The molecule has 0 aliphatic carbocycles. The second-order valence-corrected chi connectivity index (χ2v) is 9.07. The molecule has 0 fully saturated rings. The topological polar surface area (TPSA) is 121 Å². The number of hydrogen-bond donors (Lipinski definition) is 2. The van der Waals surface area contributed by atoms with Crippen molar-refractivity contribution in [2.75, 3.05) is 11.1 Å². The molecule has 0 saturated heterocycles. The van der Waals surface area contributed by atoms with E-state index in [0.29, 0.717) is 35.7 Å². The first-order chi connectivity index (χ1) is 15.2. The lowest BCUT2D eigenvalue weighted by Crippen LogP contribution is -2.18. The van der Waals surface area contributed by atoms with Crippen molar-refractivity contribution in [1.29, 1.82) is 0 Å². The molecule has 2 amide bonds. The molecule has 2 aromatic heterocycles. The first kappa shape index (κ1) is 23.5. The molecule has 1 aromatic carbocycles. The van der Waals surface area contributed by atoms with Gasteiger partial charge in [-0.25, -0.2) is 4.68 Å². The summed E-state index contributed by atoms with van der Waals surface area (Å²) in [6.07, 6.45) is 0.639. The van der Waals surface area contributed by atoms with Crippen molar-refractivity contribution < 1.29 is 9.59 Å². The van der Waals surface area contributed by atoms with E-state index in [-0.39, 0.29) is 24.0 Å². The van der Waals surface area contributed by atoms with Crippen LogP contribution in [0.2, 0.25) is 0 Å². The lowest BCUT2D eigenvalue weighted by atomic mass is 10.2. The Hall–Kier alpha value is -3.14. The van der Waals surface area contributed by atoms with E-state index in [1.807, 2.05) is 48.7 Å². The fourth-order valence-corrected chi connectivity index (χ4v) is 3.94. The van der Waals surface area contributed by atoms with Crippen molar-refractivity contribution >= 4 is 29.4 Å². The Morgan fingerprint density at radius 2 is 1.88 bits per heavy atom. The molecule has 3 aromatic rings. The Morgan fingerprint density at radius 1 is 1.16 bits per heavy atom. The van der Waals surface area contributed by atoms with E-state index < -0.39 is 0 Å². The minimum Gasteiger partial charge on any atom is -0.370 e. The van der Waals surface area contributed by atoms with E-state index >= 15 is 0 Å². The van der Waals surface area contributed by atoms with Crippen molar-refractivity contribution in [3.8, 4) is 5.69 Å². The van der Waals surface area contributed by atoms with Gasteiger partial charge in [-0.3, -0.25) is 9.59 Å². The number of hydrogen-bond acceptors (Lipinski definition) is 6. The summed E-state index contributed by atoms with van der Waals surface area (Å²) in [6, 6.07) is 9.78. The van der Waals surface area contributed by atoms with Gasteiger partial charge in [0.25, 0.3) is 0 Å². The molecule has 0 unspecified atom stereocenters. The molecule has 2 heterocycles. The molecule has 0 spiro atoms. The predicted octanol–water partition coefficient (Wildman–Crippen LogP) is 2.89. The van der Waals surface area contributed by atoms with Gasteiger partial charge in [0.05, 0.1) is 17.1 Å². The monoisotopic (exact) mass is 455 g/mol. The lowest BCUT2D eigenvalue weighted by molar-refractivity contribution is -0.118. The Balaban J connectivity index is 1.69. The number of aryl methyl sites for hydroxylation is 3. The number of rotatable bonds is 10. The fourth-order valence-electron chi connectivity index (χ4n) is 3.17. The molecular weight excluding hydrogens is 426 g/mol. The van der Waals surface area contributed by atoms with E-state index in [4.69, 9.17) is 5.73 Å². The summed E-state index contributed by atoms with van der Waals surface area (Å²) in [5.41, 5.74) is 8.11. The molecule has 3 N–H and O–H groups in total. The summed E-state index contributed by atoms with van der Waals surface area (Å²) in [7, 11) is 0. The molecule has 3 rings (SSSR count). The number of nitrogens with one attached hydrogen (secondary N) is 1. The van der Waals surface area contributed by atoms with E-state index in [0.717, 1.165) is 16.9 Å². The van der Waals surface area contributed by atoms with Gasteiger partial charge in [-0.2, -0.15) is 5.10 Å². The number of carbonyl (C=O) groups is 2. The van der Waals surface area contributed by atoms with Gasteiger partial charge in [-0.15, -0.1) is 10.2 Å². The molecule has 0 bridgehead atoms. The van der Waals surface area contributed by atoms with Crippen LogP contribution < -0.4 is 11.1 Å². The first-order valence-electron chi connectivity index (χ1n) is 10.5. The smallest absolute Gasteiger partial charge is 0.236 e. The van der Waals surface area contributed by atoms with Crippen LogP contribution in [-0.4, -0.2) is 42.1 Å². The molecule has 0 aliphatic heterocycles. The van der Waals surface area contributed by atoms with E-state index in [1.54, 1.807) is 4.68 Å². The number of aromatic nitrogens is 5. The summed E-state index contributed by atoms with van der Waals surface area (Å²) >= 11 is 1.31. The number of primary amides is 1. The van der Waals surface area contributed by atoms with Gasteiger partial charge in [0, 0.05) is 25.5 Å². The second-order valence-electron chi connectivity index (χ2n) is 8.12. The van der Waals surface area contributed by atoms with Crippen LogP contribution in [0.4, 0.5) is 5.82 Å². The summed E-state index contributed by atoms with van der Waals surface area (Å²) < 4.78 is 3.69. The van der Waals surface area contributed by atoms with Crippen LogP contribution >= 0.6 is 11.8 Å². The Kier molecular flexibility index (Phi) is 7.68. The van der Waals surface area contributed by atoms with Crippen molar-refractivity contribution in [3.05, 3.63) is 47.4 Å². The van der Waals surface area contributed by atoms with Gasteiger partial charge in [0.2, 0.25) is 11.8 Å². The molecule has 170 valence electrons. The molecule has 0 aliphatic rings. The van der Waals surface area contributed by atoms with Gasteiger partial charge in [0.1, 0.15) is 11.6 Å². The molecule has 32 heavy (non-hydrogen) atoms. The predicted molar refractivity (Wildman–Crippen MR) is 125 cm³/mol. The number of benzene rings is 1. The fraction of sp³-hybridized carbons (Fsp3) is 0.409. The van der Waals surface area contributed by atoms with Crippen LogP contribution in [0.1, 0.15) is 37.4 Å². The van der Waals surface area contributed by atoms with Crippen molar-refractivity contribution in [1.82, 2.24) is 24.5 Å². The Bertz CT molecular complexity index is 1090. The van der Waals surface area contributed by atoms with E-state index in [1.165, 1.54) is 11.8 Å². The van der Waals surface area contributed by atoms with Gasteiger partial charge < -0.3 is 15.6 Å². The van der Waals surface area contributed by atoms with Crippen LogP contribution in [0.15, 0.2) is 35.5 Å². The average Bonchev–Trinajstić information content (AvgIpc) is 3.27. The van der Waals surface area contributed by atoms with Crippen LogP contribution in [-0.2, 0) is 22.6 Å². The minimum absolute atomic E-state index is 0.166. The third kappa shape index (κ3) is 6.19. The number of thioether (sulfide) groups is 1. The van der Waals surface area contributed by atoms with Gasteiger partial charge in [0.15, 0.2) is 5.16 Å². The van der Waals surface area contributed by atoms with Gasteiger partial charge >= 0.3 is 0 Å². The average molecular weight is 456 g/mol. The Labute approximate surface area is 191 Å². The minimum atomic E-state index is -0.377. The summed E-state index contributed by atoms with van der Waals surface area (Å²) in [6.45, 7) is 8.79. The highest BCUT2D eigenvalue weighted by Crippen LogP contribution is 2.21. The van der Waals surface area contributed by atoms with Crippen LogP contribution in [0, 0.1) is 19.8 Å². The maximum atomic E-state index is 12.7. The third-order valence-corrected chi connectivity index (χ3v) is 5.61. The normalized spacial score (nSPS) is 11.2. The van der Waals surface area contributed by atoms with Crippen molar-refractivity contribution in [2.24, 2.45) is 11.7 Å². The summed E-state index contributed by atoms with van der Waals surface area (Å²) in [5, 5.41) is 16.5. The van der Waals surface area contributed by atoms with Crippen LogP contribution in [0.3, 0.4) is 0 Å². The molecule has 0 atom stereocenters. The largest absolute Gasteiger partial charge is 0.370 e. The highest BCUT2D eigenvalue weighted by Gasteiger charge is 2.17. The lowest BCUT2D eigenvalue weighted by Gasteiger charge is -2.12. The molecule has 0 saturated carbocycles. The second kappa shape index (κ2) is 10.4. The highest BCUT2D eigenvalue weighted by atomic mass is 32.2. The molecular formula is C22H29N7O2S. The SMILES string of the molecule is Cc1ccc(-n2nc(C)cc2NC(=O)CSc2nnc(CCC(N)=O)n2CC(C)C)cc1. The van der Waals surface area contributed by atoms with Crippen LogP contribution in [0.5, 0.6) is 0 Å². The summed E-state index contributed by atoms with van der Waals surface area (Å²) in [4.78, 5) is 23.8. The maximum Gasteiger partial charge on any atom is 0.236 e. The van der Waals surface area contributed by atoms with Gasteiger partial charge in [-0.1, -0.05) is 43.3 Å². The summed E-state index contributed by atoms with van der Waals surface area (Å²) in [5.74, 6) is 1.30.